The Bertz CT molecular complexity index is 284. The van der Waals surface area contributed by atoms with E-state index in [1.807, 2.05) is 0 Å². The molecule has 0 aliphatic heterocycles. The number of hydrogen-bond donors (Lipinski definition) is 2. The Morgan fingerprint density at radius 2 is 1.17 bits per heavy atom. The highest BCUT2D eigenvalue weighted by Crippen LogP contribution is 2.16. The molecule has 0 saturated heterocycles. The molecule has 0 heterocycles. The Hall–Kier alpha value is -0.640. The lowest BCUT2D eigenvalue weighted by atomic mass is 10.0. The lowest BCUT2D eigenvalue weighted by Gasteiger charge is -2.13. The molecule has 2 unspecified atom stereocenters. The monoisotopic (exact) mass is 346 g/mol. The number of carboxylic acid groups (broad SMARTS) is 1. The molecule has 2 atom stereocenters. The fraction of sp³-hybridized carbons (Fsp3) is 0.950. The van der Waals surface area contributed by atoms with Crippen LogP contribution >= 0.6 is 0 Å². The van der Waals surface area contributed by atoms with Crippen molar-refractivity contribution in [1.29, 1.82) is 0 Å². The van der Waals surface area contributed by atoms with Gasteiger partial charge in [0, 0.05) is 0 Å². The molecule has 0 amide bonds. The molecule has 0 saturated carbocycles. The third-order valence-electron chi connectivity index (χ3n) is 4.63. The number of alkyl halides is 1. The summed E-state index contributed by atoms with van der Waals surface area (Å²) < 4.78 is 13.5. The molecule has 0 aromatic heterocycles. The molecule has 0 aromatic carbocycles. The van der Waals surface area contributed by atoms with Crippen LogP contribution in [-0.4, -0.2) is 28.5 Å². The van der Waals surface area contributed by atoms with Crippen molar-refractivity contribution in [2.24, 2.45) is 0 Å². The summed E-state index contributed by atoms with van der Waals surface area (Å²) in [4.78, 5) is 10.4. The van der Waals surface area contributed by atoms with E-state index >= 15 is 0 Å². The van der Waals surface area contributed by atoms with Gasteiger partial charge in [0.25, 0.3) is 0 Å². The lowest BCUT2D eigenvalue weighted by Crippen LogP contribution is -2.24. The molecule has 0 radical (unpaired) electrons. The molecular weight excluding hydrogens is 307 g/mol. The van der Waals surface area contributed by atoms with Crippen molar-refractivity contribution in [2.45, 2.75) is 122 Å². The van der Waals surface area contributed by atoms with Crippen LogP contribution < -0.4 is 0 Å². The first-order chi connectivity index (χ1) is 11.6. The van der Waals surface area contributed by atoms with E-state index in [4.69, 9.17) is 5.11 Å². The van der Waals surface area contributed by atoms with Crippen molar-refractivity contribution in [2.75, 3.05) is 0 Å². The van der Waals surface area contributed by atoms with Crippen molar-refractivity contribution in [1.82, 2.24) is 0 Å². The molecule has 2 N–H and O–H groups in total. The minimum absolute atomic E-state index is 0.270. The minimum Gasteiger partial charge on any atom is -0.481 e. The van der Waals surface area contributed by atoms with Crippen LogP contribution in [0.3, 0.4) is 0 Å². The van der Waals surface area contributed by atoms with Gasteiger partial charge in [0.15, 0.2) is 0 Å². The first-order valence-corrected chi connectivity index (χ1v) is 10.1. The predicted molar refractivity (Wildman–Crippen MR) is 98.1 cm³/mol. The zero-order valence-electron chi connectivity index (χ0n) is 15.6. The van der Waals surface area contributed by atoms with Gasteiger partial charge < -0.3 is 10.2 Å². The summed E-state index contributed by atoms with van der Waals surface area (Å²) >= 11 is 0. The number of hydrogen-bond acceptors (Lipinski definition) is 2. The van der Waals surface area contributed by atoms with Gasteiger partial charge in [0.05, 0.1) is 12.5 Å². The fourth-order valence-corrected chi connectivity index (χ4v) is 3.03. The summed E-state index contributed by atoms with van der Waals surface area (Å²) in [6, 6.07) is 0. The number of halogens is 1. The molecule has 0 spiro atoms. The standard InChI is InChI=1S/C20H39FO3/c1-2-3-4-5-6-7-8-9-10-11-12-13-14-15-16-18(21)19(22)17-20(23)24/h18-19,22H,2-17H2,1H3,(H,23,24). The van der Waals surface area contributed by atoms with Gasteiger partial charge in [-0.2, -0.15) is 0 Å². The maximum absolute atomic E-state index is 13.5. The highest BCUT2D eigenvalue weighted by atomic mass is 19.1. The topological polar surface area (TPSA) is 57.5 Å². The predicted octanol–water partition coefficient (Wildman–Crippen LogP) is 6.03. The molecule has 24 heavy (non-hydrogen) atoms. The fourth-order valence-electron chi connectivity index (χ4n) is 3.03. The van der Waals surface area contributed by atoms with E-state index in [1.54, 1.807) is 0 Å². The van der Waals surface area contributed by atoms with Crippen molar-refractivity contribution < 1.29 is 19.4 Å². The maximum Gasteiger partial charge on any atom is 0.306 e. The van der Waals surface area contributed by atoms with Crippen LogP contribution in [0.5, 0.6) is 0 Å². The zero-order valence-corrected chi connectivity index (χ0v) is 15.6. The summed E-state index contributed by atoms with van der Waals surface area (Å²) in [5.41, 5.74) is 0. The Kier molecular flexibility index (Phi) is 16.7. The van der Waals surface area contributed by atoms with Gasteiger partial charge in [-0.3, -0.25) is 4.79 Å². The van der Waals surface area contributed by atoms with Crippen molar-refractivity contribution >= 4 is 5.97 Å². The second-order valence-corrected chi connectivity index (χ2v) is 7.07. The van der Waals surface area contributed by atoms with Crippen molar-refractivity contribution in [3.05, 3.63) is 0 Å². The van der Waals surface area contributed by atoms with E-state index in [9.17, 15) is 14.3 Å². The number of aliphatic carboxylic acids is 1. The summed E-state index contributed by atoms with van der Waals surface area (Å²) in [6.07, 6.45) is 14.5. The molecule has 0 aliphatic rings. The number of carboxylic acids is 1. The molecule has 0 fully saturated rings. The van der Waals surface area contributed by atoms with Gasteiger partial charge in [-0.15, -0.1) is 0 Å². The van der Waals surface area contributed by atoms with Gasteiger partial charge in [0.2, 0.25) is 0 Å². The Balaban J connectivity index is 3.21. The van der Waals surface area contributed by atoms with E-state index in [2.05, 4.69) is 6.92 Å². The van der Waals surface area contributed by atoms with Gasteiger partial charge >= 0.3 is 5.97 Å². The van der Waals surface area contributed by atoms with E-state index in [0.717, 1.165) is 19.3 Å². The van der Waals surface area contributed by atoms with Crippen LogP contribution in [0.4, 0.5) is 4.39 Å². The van der Waals surface area contributed by atoms with Gasteiger partial charge in [0.1, 0.15) is 6.17 Å². The van der Waals surface area contributed by atoms with Crippen LogP contribution in [0, 0.1) is 0 Å². The van der Waals surface area contributed by atoms with Crippen LogP contribution in [0.1, 0.15) is 110 Å². The number of aliphatic hydroxyl groups is 1. The Labute approximate surface area is 148 Å². The molecule has 0 aromatic rings. The highest BCUT2D eigenvalue weighted by molar-refractivity contribution is 5.67. The van der Waals surface area contributed by atoms with Crippen molar-refractivity contribution in [3.63, 3.8) is 0 Å². The molecular formula is C20H39FO3. The second kappa shape index (κ2) is 17.2. The third kappa shape index (κ3) is 16.2. The number of rotatable bonds is 18. The smallest absolute Gasteiger partial charge is 0.306 e. The lowest BCUT2D eigenvalue weighted by molar-refractivity contribution is -0.140. The summed E-state index contributed by atoms with van der Waals surface area (Å²) in [6.45, 7) is 2.25. The molecule has 0 bridgehead atoms. The van der Waals surface area contributed by atoms with Crippen LogP contribution in [0.15, 0.2) is 0 Å². The first kappa shape index (κ1) is 23.4. The summed E-state index contributed by atoms with van der Waals surface area (Å²) in [5.74, 6) is -1.15. The van der Waals surface area contributed by atoms with E-state index in [0.29, 0.717) is 0 Å². The zero-order chi connectivity index (χ0) is 18.0. The summed E-state index contributed by atoms with van der Waals surface area (Å²) in [7, 11) is 0. The highest BCUT2D eigenvalue weighted by Gasteiger charge is 2.20. The normalized spacial score (nSPS) is 13.8. The van der Waals surface area contributed by atoms with E-state index < -0.39 is 24.7 Å². The number of aliphatic hydroxyl groups excluding tert-OH is 1. The molecule has 4 heteroatoms. The van der Waals surface area contributed by atoms with Gasteiger partial charge in [-0.25, -0.2) is 4.39 Å². The SMILES string of the molecule is CCCCCCCCCCCCCCCCC(F)C(O)CC(=O)O. The largest absolute Gasteiger partial charge is 0.481 e. The van der Waals surface area contributed by atoms with Crippen LogP contribution in [0.2, 0.25) is 0 Å². The average molecular weight is 347 g/mol. The van der Waals surface area contributed by atoms with Gasteiger partial charge in [-0.05, 0) is 6.42 Å². The van der Waals surface area contributed by atoms with Crippen LogP contribution in [0.25, 0.3) is 0 Å². The van der Waals surface area contributed by atoms with Crippen molar-refractivity contribution in [3.8, 4) is 0 Å². The molecule has 3 nitrogen and oxygen atoms in total. The molecule has 0 aliphatic carbocycles. The van der Waals surface area contributed by atoms with Gasteiger partial charge in [-0.1, -0.05) is 96.8 Å². The Morgan fingerprint density at radius 3 is 1.54 bits per heavy atom. The molecule has 0 rings (SSSR count). The minimum atomic E-state index is -1.40. The average Bonchev–Trinajstić information content (AvgIpc) is 2.54. The molecule has 144 valence electrons. The maximum atomic E-state index is 13.5. The second-order valence-electron chi connectivity index (χ2n) is 7.07. The summed E-state index contributed by atoms with van der Waals surface area (Å²) in [5, 5.41) is 17.8. The first-order valence-electron chi connectivity index (χ1n) is 10.1. The quantitative estimate of drug-likeness (QED) is 0.298. The Morgan fingerprint density at radius 1 is 0.792 bits per heavy atom. The van der Waals surface area contributed by atoms with E-state index in [-0.39, 0.29) is 6.42 Å². The van der Waals surface area contributed by atoms with E-state index in [1.165, 1.54) is 70.6 Å². The number of unbranched alkanes of at least 4 members (excludes halogenated alkanes) is 13. The van der Waals surface area contributed by atoms with Crippen LogP contribution in [-0.2, 0) is 4.79 Å². The third-order valence-corrected chi connectivity index (χ3v) is 4.63. The number of carbonyl (C=O) groups is 1.